The second-order valence-electron chi connectivity index (χ2n) is 4.01. The summed E-state index contributed by atoms with van der Waals surface area (Å²) in [5.41, 5.74) is 10.1. The Labute approximate surface area is 89.9 Å². The second kappa shape index (κ2) is 3.57. The van der Waals surface area contributed by atoms with Crippen molar-refractivity contribution in [3.8, 4) is 0 Å². The molecule has 3 heteroatoms. The third kappa shape index (κ3) is 1.58. The van der Waals surface area contributed by atoms with Gasteiger partial charge in [-0.25, -0.2) is 4.98 Å². The van der Waals surface area contributed by atoms with Crippen LogP contribution in [0.4, 0.5) is 5.69 Å². The first-order valence-electron chi connectivity index (χ1n) is 5.36. The van der Waals surface area contributed by atoms with E-state index in [-0.39, 0.29) is 0 Å². The lowest BCUT2D eigenvalue weighted by Gasteiger charge is -2.05. The zero-order valence-electron chi connectivity index (χ0n) is 9.54. The van der Waals surface area contributed by atoms with Gasteiger partial charge in [-0.2, -0.15) is 0 Å². The molecule has 0 amide bonds. The number of rotatable bonds is 2. The van der Waals surface area contributed by atoms with Crippen molar-refractivity contribution in [1.82, 2.24) is 9.55 Å². The predicted octanol–water partition coefficient (Wildman–Crippen LogP) is 2.65. The molecule has 2 rings (SSSR count). The van der Waals surface area contributed by atoms with Crippen LogP contribution in [0.2, 0.25) is 0 Å². The van der Waals surface area contributed by atoms with Crippen LogP contribution < -0.4 is 5.73 Å². The molecule has 1 heterocycles. The first kappa shape index (κ1) is 10.0. The highest BCUT2D eigenvalue weighted by atomic mass is 15.1. The third-order valence-corrected chi connectivity index (χ3v) is 2.77. The first-order chi connectivity index (χ1) is 7.13. The number of nitrogens with two attached hydrogens (primary N) is 1. The van der Waals surface area contributed by atoms with E-state index in [2.05, 4.69) is 22.5 Å². The fraction of sp³-hybridized carbons (Fsp3) is 0.417. The van der Waals surface area contributed by atoms with Crippen LogP contribution in [0, 0.1) is 13.8 Å². The lowest BCUT2D eigenvalue weighted by Crippen LogP contribution is -1.99. The van der Waals surface area contributed by atoms with E-state index in [9.17, 15) is 0 Å². The Balaban J connectivity index is 2.70. The average Bonchev–Trinajstić information content (AvgIpc) is 2.46. The predicted molar refractivity (Wildman–Crippen MR) is 63.9 cm³/mol. The van der Waals surface area contributed by atoms with E-state index in [0.29, 0.717) is 0 Å². The number of hydrogen-bond acceptors (Lipinski definition) is 2. The average molecular weight is 203 g/mol. The molecule has 0 radical (unpaired) electrons. The van der Waals surface area contributed by atoms with Gasteiger partial charge >= 0.3 is 0 Å². The summed E-state index contributed by atoms with van der Waals surface area (Å²) in [7, 11) is 0. The number of aryl methyl sites for hydroxylation is 3. The van der Waals surface area contributed by atoms with Crippen LogP contribution in [0.1, 0.15) is 24.7 Å². The van der Waals surface area contributed by atoms with Gasteiger partial charge in [-0.05, 0) is 38.0 Å². The van der Waals surface area contributed by atoms with Crippen LogP contribution in [0.25, 0.3) is 11.0 Å². The van der Waals surface area contributed by atoms with Crippen LogP contribution in [0.15, 0.2) is 12.1 Å². The minimum absolute atomic E-state index is 0.847. The number of anilines is 1. The van der Waals surface area contributed by atoms with Crippen molar-refractivity contribution >= 4 is 16.7 Å². The van der Waals surface area contributed by atoms with Crippen molar-refractivity contribution in [2.75, 3.05) is 5.73 Å². The molecule has 0 unspecified atom stereocenters. The van der Waals surface area contributed by atoms with Gasteiger partial charge in [0, 0.05) is 12.2 Å². The topological polar surface area (TPSA) is 43.8 Å². The summed E-state index contributed by atoms with van der Waals surface area (Å²) in [6.07, 6.45) is 1.11. The smallest absolute Gasteiger partial charge is 0.106 e. The Morgan fingerprint density at radius 3 is 2.73 bits per heavy atom. The van der Waals surface area contributed by atoms with Crippen molar-refractivity contribution in [2.45, 2.75) is 33.7 Å². The Morgan fingerprint density at radius 2 is 2.07 bits per heavy atom. The molecule has 0 spiro atoms. The Bertz CT molecular complexity index is 497. The number of benzene rings is 1. The number of aromatic nitrogens is 2. The number of fused-ring (bicyclic) bond motifs is 1. The Morgan fingerprint density at radius 1 is 1.33 bits per heavy atom. The summed E-state index contributed by atoms with van der Waals surface area (Å²) < 4.78 is 2.23. The summed E-state index contributed by atoms with van der Waals surface area (Å²) in [5.74, 6) is 1.07. The molecule has 15 heavy (non-hydrogen) atoms. The molecule has 0 aliphatic carbocycles. The van der Waals surface area contributed by atoms with E-state index in [1.54, 1.807) is 0 Å². The maximum atomic E-state index is 5.92. The monoisotopic (exact) mass is 203 g/mol. The van der Waals surface area contributed by atoms with Gasteiger partial charge in [0.1, 0.15) is 5.82 Å². The minimum Gasteiger partial charge on any atom is -0.398 e. The maximum Gasteiger partial charge on any atom is 0.106 e. The molecule has 2 aromatic rings. The van der Waals surface area contributed by atoms with E-state index in [1.807, 2.05) is 19.9 Å². The molecule has 0 atom stereocenters. The van der Waals surface area contributed by atoms with E-state index >= 15 is 0 Å². The molecule has 0 bridgehead atoms. The van der Waals surface area contributed by atoms with E-state index in [0.717, 1.165) is 41.1 Å². The molecular formula is C12H17N3. The van der Waals surface area contributed by atoms with E-state index in [1.165, 1.54) is 0 Å². The lowest BCUT2D eigenvalue weighted by atomic mass is 10.2. The summed E-state index contributed by atoms with van der Waals surface area (Å²) in [6.45, 7) is 7.23. The maximum absolute atomic E-state index is 5.92. The molecule has 0 aliphatic rings. The minimum atomic E-state index is 0.847. The number of nitrogens with zero attached hydrogens (tertiary/aromatic N) is 2. The molecule has 0 saturated carbocycles. The molecular weight excluding hydrogens is 186 g/mol. The van der Waals surface area contributed by atoms with Gasteiger partial charge in [-0.1, -0.05) is 6.92 Å². The number of nitrogen functional groups attached to an aromatic ring is 1. The van der Waals surface area contributed by atoms with Crippen molar-refractivity contribution in [3.63, 3.8) is 0 Å². The lowest BCUT2D eigenvalue weighted by molar-refractivity contribution is 0.676. The van der Waals surface area contributed by atoms with Crippen molar-refractivity contribution < 1.29 is 0 Å². The Kier molecular flexibility index (Phi) is 2.39. The van der Waals surface area contributed by atoms with Crippen molar-refractivity contribution in [2.24, 2.45) is 0 Å². The normalized spacial score (nSPS) is 11.1. The summed E-state index contributed by atoms with van der Waals surface area (Å²) in [5, 5.41) is 0. The second-order valence-corrected chi connectivity index (χ2v) is 4.01. The van der Waals surface area contributed by atoms with Crippen LogP contribution in [0.5, 0.6) is 0 Å². The van der Waals surface area contributed by atoms with E-state index < -0.39 is 0 Å². The van der Waals surface area contributed by atoms with Gasteiger partial charge in [0.25, 0.3) is 0 Å². The van der Waals surface area contributed by atoms with Gasteiger partial charge in [0.05, 0.1) is 11.0 Å². The molecule has 0 saturated heterocycles. The third-order valence-electron chi connectivity index (χ3n) is 2.77. The van der Waals surface area contributed by atoms with Gasteiger partial charge in [0.15, 0.2) is 0 Å². The highest BCUT2D eigenvalue weighted by Gasteiger charge is 2.08. The highest BCUT2D eigenvalue weighted by molar-refractivity contribution is 5.81. The molecule has 3 nitrogen and oxygen atoms in total. The molecule has 80 valence electrons. The van der Waals surface area contributed by atoms with Gasteiger partial charge < -0.3 is 10.3 Å². The van der Waals surface area contributed by atoms with Gasteiger partial charge in [-0.15, -0.1) is 0 Å². The fourth-order valence-electron chi connectivity index (χ4n) is 1.92. The fourth-order valence-corrected chi connectivity index (χ4v) is 1.92. The largest absolute Gasteiger partial charge is 0.398 e. The molecule has 0 fully saturated rings. The van der Waals surface area contributed by atoms with Gasteiger partial charge in [0.2, 0.25) is 0 Å². The van der Waals surface area contributed by atoms with Crippen LogP contribution in [-0.4, -0.2) is 9.55 Å². The van der Waals surface area contributed by atoms with Gasteiger partial charge in [-0.3, -0.25) is 0 Å². The van der Waals surface area contributed by atoms with Crippen LogP contribution in [-0.2, 0) is 6.54 Å². The highest BCUT2D eigenvalue weighted by Crippen LogP contribution is 2.22. The first-order valence-corrected chi connectivity index (χ1v) is 5.36. The Hall–Kier alpha value is -1.51. The van der Waals surface area contributed by atoms with Crippen molar-refractivity contribution in [1.29, 1.82) is 0 Å². The quantitative estimate of drug-likeness (QED) is 0.762. The summed E-state index contributed by atoms with van der Waals surface area (Å²) >= 11 is 0. The van der Waals surface area contributed by atoms with Crippen LogP contribution in [0.3, 0.4) is 0 Å². The zero-order chi connectivity index (χ0) is 11.0. The SMILES string of the molecule is CCCn1c(C)nc2cc(C)c(N)cc21. The number of imidazole rings is 1. The van der Waals surface area contributed by atoms with Crippen LogP contribution >= 0.6 is 0 Å². The molecule has 1 aromatic carbocycles. The summed E-state index contributed by atoms with van der Waals surface area (Å²) in [4.78, 5) is 4.54. The summed E-state index contributed by atoms with van der Waals surface area (Å²) in [6, 6.07) is 4.09. The molecule has 1 aromatic heterocycles. The molecule has 0 aliphatic heterocycles. The molecule has 2 N–H and O–H groups in total. The number of hydrogen-bond donors (Lipinski definition) is 1. The zero-order valence-corrected chi connectivity index (χ0v) is 9.54. The van der Waals surface area contributed by atoms with Crippen molar-refractivity contribution in [3.05, 3.63) is 23.5 Å². The van der Waals surface area contributed by atoms with E-state index in [4.69, 9.17) is 5.73 Å². The standard InChI is InChI=1S/C12H17N3/c1-4-5-15-9(3)14-11-6-8(2)10(13)7-12(11)15/h6-7H,4-5,13H2,1-3H3.